The van der Waals surface area contributed by atoms with Gasteiger partial charge in [-0.05, 0) is 43.9 Å². The van der Waals surface area contributed by atoms with Crippen molar-refractivity contribution < 1.29 is 13.9 Å². The van der Waals surface area contributed by atoms with Crippen LogP contribution in [0.4, 0.5) is 0 Å². The van der Waals surface area contributed by atoms with Crippen LogP contribution in [0.5, 0.6) is 5.75 Å². The lowest BCUT2D eigenvalue weighted by molar-refractivity contribution is -0.120. The first kappa shape index (κ1) is 20.8. The van der Waals surface area contributed by atoms with E-state index in [-0.39, 0.29) is 29.4 Å². The van der Waals surface area contributed by atoms with E-state index in [1.54, 1.807) is 6.92 Å². The molecule has 0 saturated heterocycles. The molecule has 8 heteroatoms. The molecule has 1 unspecified atom stereocenters. The molecule has 1 N–H and O–H groups in total. The third-order valence-electron chi connectivity index (χ3n) is 4.26. The van der Waals surface area contributed by atoms with Crippen molar-refractivity contribution in [3.63, 3.8) is 0 Å². The van der Waals surface area contributed by atoms with Crippen LogP contribution in [0.2, 0.25) is 0 Å². The highest BCUT2D eigenvalue weighted by Crippen LogP contribution is 2.22. The highest BCUT2D eigenvalue weighted by molar-refractivity contribution is 7.99. The van der Waals surface area contributed by atoms with E-state index < -0.39 is 5.54 Å². The lowest BCUT2D eigenvalue weighted by Gasteiger charge is -2.27. The molecule has 1 heterocycles. The van der Waals surface area contributed by atoms with E-state index in [1.807, 2.05) is 45.9 Å². The molecule has 27 heavy (non-hydrogen) atoms. The van der Waals surface area contributed by atoms with E-state index in [0.717, 1.165) is 28.6 Å². The Morgan fingerprint density at radius 2 is 2.15 bits per heavy atom. The summed E-state index contributed by atoms with van der Waals surface area (Å²) in [7, 11) is 0. The molecule has 2 rings (SSSR count). The first-order valence-corrected chi connectivity index (χ1v) is 9.59. The Morgan fingerprint density at radius 3 is 2.81 bits per heavy atom. The Labute approximate surface area is 163 Å². The van der Waals surface area contributed by atoms with Crippen LogP contribution in [-0.4, -0.2) is 27.4 Å². The molecular formula is C19H24N4O3S. The Morgan fingerprint density at radius 1 is 1.41 bits per heavy atom. The number of nitrogens with zero attached hydrogens (tertiary/aromatic N) is 3. The predicted octanol–water partition coefficient (Wildman–Crippen LogP) is 3.41. The van der Waals surface area contributed by atoms with E-state index in [4.69, 9.17) is 9.15 Å². The number of aromatic nitrogens is 2. The first-order valence-electron chi connectivity index (χ1n) is 8.61. The van der Waals surface area contributed by atoms with Crippen molar-refractivity contribution in [3.05, 3.63) is 35.2 Å². The van der Waals surface area contributed by atoms with Crippen molar-refractivity contribution in [1.82, 2.24) is 15.5 Å². The van der Waals surface area contributed by atoms with Crippen LogP contribution in [0.3, 0.4) is 0 Å². The number of carbonyl (C=O) groups is 1. The highest BCUT2D eigenvalue weighted by Gasteiger charge is 2.30. The normalized spacial score (nSPS) is 13.1. The fourth-order valence-electron chi connectivity index (χ4n) is 2.11. The molecule has 0 fully saturated rings. The Balaban J connectivity index is 1.86. The molecule has 0 radical (unpaired) electrons. The second-order valence-electron chi connectivity index (χ2n) is 6.83. The highest BCUT2D eigenvalue weighted by atomic mass is 32.2. The molecule has 1 amide bonds. The second-order valence-corrected chi connectivity index (χ2v) is 7.75. The molecule has 0 saturated carbocycles. The van der Waals surface area contributed by atoms with Crippen molar-refractivity contribution in [2.24, 2.45) is 5.92 Å². The van der Waals surface area contributed by atoms with Crippen molar-refractivity contribution in [3.8, 4) is 11.8 Å². The molecule has 1 aromatic heterocycles. The molecule has 0 aliphatic rings. The Bertz CT molecular complexity index is 844. The van der Waals surface area contributed by atoms with E-state index in [0.29, 0.717) is 5.89 Å². The predicted molar refractivity (Wildman–Crippen MR) is 102 cm³/mol. The zero-order valence-corrected chi connectivity index (χ0v) is 17.0. The smallest absolute Gasteiger partial charge is 0.277 e. The number of hydrogen-bond donors (Lipinski definition) is 1. The second kappa shape index (κ2) is 8.91. The number of nitriles is 1. The van der Waals surface area contributed by atoms with E-state index in [9.17, 15) is 10.1 Å². The van der Waals surface area contributed by atoms with Gasteiger partial charge in [-0.3, -0.25) is 4.79 Å². The number of benzene rings is 1. The summed E-state index contributed by atoms with van der Waals surface area (Å²) in [5, 5.41) is 20.1. The van der Waals surface area contributed by atoms with Gasteiger partial charge in [0.1, 0.15) is 11.3 Å². The van der Waals surface area contributed by atoms with Crippen LogP contribution in [-0.2, 0) is 11.4 Å². The summed E-state index contributed by atoms with van der Waals surface area (Å²) < 4.78 is 11.2. The topological polar surface area (TPSA) is 101 Å². The average molecular weight is 388 g/mol. The summed E-state index contributed by atoms with van der Waals surface area (Å²) in [6.45, 7) is 9.59. The van der Waals surface area contributed by atoms with Gasteiger partial charge in [-0.2, -0.15) is 5.26 Å². The molecule has 2 aromatic rings. The molecule has 0 aliphatic heterocycles. The van der Waals surface area contributed by atoms with Crippen LogP contribution in [0.1, 0.15) is 37.8 Å². The lowest BCUT2D eigenvalue weighted by atomic mass is 9.90. The number of amides is 1. The summed E-state index contributed by atoms with van der Waals surface area (Å²) in [5.41, 5.74) is 1.23. The zero-order valence-electron chi connectivity index (χ0n) is 16.2. The van der Waals surface area contributed by atoms with E-state index in [2.05, 4.69) is 21.6 Å². The maximum atomic E-state index is 12.1. The van der Waals surface area contributed by atoms with Crippen molar-refractivity contribution >= 4 is 17.7 Å². The van der Waals surface area contributed by atoms with Crippen LogP contribution in [0, 0.1) is 31.1 Å². The summed E-state index contributed by atoms with van der Waals surface area (Å²) in [6.07, 6.45) is 0. The maximum absolute atomic E-state index is 12.1. The number of thioether (sulfide) groups is 1. The molecular weight excluding hydrogens is 364 g/mol. The van der Waals surface area contributed by atoms with Gasteiger partial charge < -0.3 is 14.5 Å². The fourth-order valence-corrected chi connectivity index (χ4v) is 2.69. The van der Waals surface area contributed by atoms with Gasteiger partial charge in [0.25, 0.3) is 11.1 Å². The first-order chi connectivity index (χ1) is 12.7. The minimum absolute atomic E-state index is 0.00585. The van der Waals surface area contributed by atoms with Gasteiger partial charge in [-0.1, -0.05) is 37.7 Å². The zero-order chi connectivity index (χ0) is 20.0. The number of carbonyl (C=O) groups excluding carboxylic acids is 1. The summed E-state index contributed by atoms with van der Waals surface area (Å²) >= 11 is 1.12. The van der Waals surface area contributed by atoms with Crippen LogP contribution < -0.4 is 10.1 Å². The number of hydrogen-bond acceptors (Lipinski definition) is 7. The Kier molecular flexibility index (Phi) is 6.86. The van der Waals surface area contributed by atoms with Gasteiger partial charge in [-0.25, -0.2) is 0 Å². The number of aryl methyl sites for hydroxylation is 2. The number of nitrogens with one attached hydrogen (secondary N) is 1. The average Bonchev–Trinajstić information content (AvgIpc) is 3.08. The Hall–Kier alpha value is -2.53. The number of rotatable bonds is 8. The standard InChI is InChI=1S/C19H24N4O3S/c1-12(2)19(5,11-20)21-16(24)10-27-18-23-22-17(26-18)9-25-15-8-13(3)6-7-14(15)4/h6-8,12H,9-10H2,1-5H3,(H,21,24). The molecule has 1 atom stereocenters. The van der Waals surface area contributed by atoms with Gasteiger partial charge in [0.2, 0.25) is 5.91 Å². The number of ether oxygens (including phenoxy) is 1. The minimum Gasteiger partial charge on any atom is -0.484 e. The van der Waals surface area contributed by atoms with Crippen LogP contribution in [0.15, 0.2) is 27.8 Å². The largest absolute Gasteiger partial charge is 0.484 e. The SMILES string of the molecule is Cc1ccc(C)c(OCc2nnc(SCC(=O)NC(C)(C#N)C(C)C)o2)c1. The third kappa shape index (κ3) is 5.73. The van der Waals surface area contributed by atoms with Gasteiger partial charge in [-0.15, -0.1) is 10.2 Å². The van der Waals surface area contributed by atoms with Gasteiger partial charge in [0, 0.05) is 0 Å². The van der Waals surface area contributed by atoms with E-state index in [1.165, 1.54) is 0 Å². The molecule has 0 aliphatic carbocycles. The van der Waals surface area contributed by atoms with Gasteiger partial charge in [0.05, 0.1) is 11.8 Å². The summed E-state index contributed by atoms with van der Waals surface area (Å²) in [5.74, 6) is 0.927. The monoisotopic (exact) mass is 388 g/mol. The summed E-state index contributed by atoms with van der Waals surface area (Å²) in [6, 6.07) is 8.10. The van der Waals surface area contributed by atoms with Gasteiger partial charge in [0.15, 0.2) is 6.61 Å². The third-order valence-corrected chi connectivity index (χ3v) is 5.07. The van der Waals surface area contributed by atoms with Crippen LogP contribution in [0.25, 0.3) is 0 Å². The maximum Gasteiger partial charge on any atom is 0.277 e. The van der Waals surface area contributed by atoms with E-state index >= 15 is 0 Å². The molecule has 7 nitrogen and oxygen atoms in total. The molecule has 1 aromatic carbocycles. The lowest BCUT2D eigenvalue weighted by Crippen LogP contribution is -2.49. The van der Waals surface area contributed by atoms with Crippen molar-refractivity contribution in [2.75, 3.05) is 5.75 Å². The molecule has 0 spiro atoms. The summed E-state index contributed by atoms with van der Waals surface area (Å²) in [4.78, 5) is 12.1. The molecule has 0 bridgehead atoms. The molecule has 144 valence electrons. The fraction of sp³-hybridized carbons (Fsp3) is 0.474. The van der Waals surface area contributed by atoms with Gasteiger partial charge >= 0.3 is 0 Å². The quantitative estimate of drug-likeness (QED) is 0.691. The minimum atomic E-state index is -0.906. The van der Waals surface area contributed by atoms with Crippen molar-refractivity contribution in [2.45, 2.75) is 52.0 Å². The van der Waals surface area contributed by atoms with Crippen molar-refractivity contribution in [1.29, 1.82) is 5.26 Å². The van der Waals surface area contributed by atoms with Crippen LogP contribution >= 0.6 is 11.8 Å².